The van der Waals surface area contributed by atoms with E-state index in [1.54, 1.807) is 0 Å². The molecule has 0 N–H and O–H groups in total. The van der Waals surface area contributed by atoms with Gasteiger partial charge in [-0.3, -0.25) is 9.59 Å². The van der Waals surface area contributed by atoms with E-state index in [0.717, 1.165) is 31.2 Å². The smallest absolute Gasteiger partial charge is 0.227 e. The first-order valence-corrected chi connectivity index (χ1v) is 7.85. The van der Waals surface area contributed by atoms with Crippen LogP contribution in [-0.4, -0.2) is 11.6 Å². The average Bonchev–Trinajstić information content (AvgIpc) is 3.10. The van der Waals surface area contributed by atoms with Gasteiger partial charge >= 0.3 is 0 Å². The summed E-state index contributed by atoms with van der Waals surface area (Å²) in [5, 5.41) is 0. The first-order valence-electron chi connectivity index (χ1n) is 7.85. The zero-order valence-electron chi connectivity index (χ0n) is 12.6. The van der Waals surface area contributed by atoms with Gasteiger partial charge in [0.15, 0.2) is 18.2 Å². The molecular formula is C19H20NO2+. The summed E-state index contributed by atoms with van der Waals surface area (Å²) < 4.78 is 1.82. The van der Waals surface area contributed by atoms with Gasteiger partial charge in [0, 0.05) is 29.2 Å². The van der Waals surface area contributed by atoms with Crippen molar-refractivity contribution in [3.63, 3.8) is 0 Å². The monoisotopic (exact) mass is 294 g/mol. The molecule has 0 atom stereocenters. The Balaban J connectivity index is 1.66. The number of pyridine rings is 1. The molecule has 0 radical (unpaired) electrons. The molecule has 0 aliphatic heterocycles. The van der Waals surface area contributed by atoms with Gasteiger partial charge in [0.25, 0.3) is 0 Å². The first kappa shape index (κ1) is 14.6. The number of hydrogen-bond donors (Lipinski definition) is 0. The van der Waals surface area contributed by atoms with Crippen LogP contribution in [0.1, 0.15) is 46.4 Å². The summed E-state index contributed by atoms with van der Waals surface area (Å²) in [7, 11) is 0. The lowest BCUT2D eigenvalue weighted by molar-refractivity contribution is -0.683. The van der Waals surface area contributed by atoms with Crippen LogP contribution < -0.4 is 4.57 Å². The Morgan fingerprint density at radius 2 is 1.55 bits per heavy atom. The number of rotatable bonds is 5. The highest BCUT2D eigenvalue weighted by molar-refractivity contribution is 5.97. The number of Topliss-reactive ketones (excluding diaryl/α,β-unsaturated/α-hetero) is 2. The first-order chi connectivity index (χ1) is 10.7. The van der Waals surface area contributed by atoms with Crippen molar-refractivity contribution in [2.45, 2.75) is 32.2 Å². The van der Waals surface area contributed by atoms with E-state index in [1.807, 2.05) is 59.4 Å². The third kappa shape index (κ3) is 3.30. The molecule has 0 saturated heterocycles. The molecule has 1 aromatic heterocycles. The highest BCUT2D eigenvalue weighted by atomic mass is 16.1. The molecule has 1 aromatic carbocycles. The maximum Gasteiger partial charge on any atom is 0.227 e. The molecule has 3 nitrogen and oxygen atoms in total. The Hall–Kier alpha value is -2.29. The largest absolute Gasteiger partial charge is 0.294 e. The quantitative estimate of drug-likeness (QED) is 0.627. The molecule has 112 valence electrons. The normalized spacial score (nSPS) is 14.9. The lowest BCUT2D eigenvalue weighted by Crippen LogP contribution is -2.37. The molecule has 1 aliphatic rings. The molecule has 0 bridgehead atoms. The van der Waals surface area contributed by atoms with Crippen molar-refractivity contribution in [3.05, 3.63) is 66.0 Å². The molecule has 2 aromatic rings. The van der Waals surface area contributed by atoms with Gasteiger partial charge < -0.3 is 0 Å². The number of carbonyl (C=O) groups is 2. The fourth-order valence-electron chi connectivity index (χ4n) is 3.03. The Morgan fingerprint density at radius 1 is 0.909 bits per heavy atom. The molecule has 1 heterocycles. The summed E-state index contributed by atoms with van der Waals surface area (Å²) in [6.45, 7) is 0.294. The van der Waals surface area contributed by atoms with Gasteiger partial charge in [0.1, 0.15) is 0 Å². The molecule has 3 heteroatoms. The number of aromatic nitrogens is 1. The van der Waals surface area contributed by atoms with Crippen LogP contribution in [0.25, 0.3) is 0 Å². The number of carbonyl (C=O) groups excluding carboxylic acids is 2. The van der Waals surface area contributed by atoms with Gasteiger partial charge in [-0.2, -0.15) is 4.57 Å². The Labute approximate surface area is 130 Å². The molecule has 1 fully saturated rings. The molecular weight excluding hydrogens is 274 g/mol. The third-order valence-corrected chi connectivity index (χ3v) is 4.32. The van der Waals surface area contributed by atoms with E-state index in [1.165, 1.54) is 0 Å². The zero-order chi connectivity index (χ0) is 15.4. The number of nitrogens with zero attached hydrogens (tertiary/aromatic N) is 1. The van der Waals surface area contributed by atoms with E-state index >= 15 is 0 Å². The molecule has 0 spiro atoms. The third-order valence-electron chi connectivity index (χ3n) is 4.32. The minimum absolute atomic E-state index is 0.0699. The number of ketones is 2. The predicted molar refractivity (Wildman–Crippen MR) is 83.7 cm³/mol. The van der Waals surface area contributed by atoms with Gasteiger partial charge in [0.05, 0.1) is 0 Å². The van der Waals surface area contributed by atoms with Crippen molar-refractivity contribution in [1.29, 1.82) is 0 Å². The summed E-state index contributed by atoms with van der Waals surface area (Å²) in [6.07, 6.45) is 8.00. The molecule has 1 aliphatic carbocycles. The van der Waals surface area contributed by atoms with Gasteiger partial charge in [-0.15, -0.1) is 0 Å². The Kier molecular flexibility index (Phi) is 4.42. The van der Waals surface area contributed by atoms with Crippen LogP contribution in [0.2, 0.25) is 0 Å². The summed E-state index contributed by atoms with van der Waals surface area (Å²) in [5.74, 6) is 0.515. The van der Waals surface area contributed by atoms with Crippen LogP contribution in [0.4, 0.5) is 0 Å². The highest BCUT2D eigenvalue weighted by Gasteiger charge is 2.24. The van der Waals surface area contributed by atoms with Crippen molar-refractivity contribution >= 4 is 11.6 Å². The summed E-state index contributed by atoms with van der Waals surface area (Å²) in [5.41, 5.74) is 1.47. The van der Waals surface area contributed by atoms with Crippen LogP contribution in [0, 0.1) is 5.92 Å². The van der Waals surface area contributed by atoms with Crippen molar-refractivity contribution in [2.75, 3.05) is 0 Å². The van der Waals surface area contributed by atoms with E-state index in [4.69, 9.17) is 0 Å². The average molecular weight is 294 g/mol. The zero-order valence-corrected chi connectivity index (χ0v) is 12.6. The lowest BCUT2D eigenvalue weighted by Gasteiger charge is -2.06. The summed E-state index contributed by atoms with van der Waals surface area (Å²) >= 11 is 0. The molecule has 1 saturated carbocycles. The predicted octanol–water partition coefficient (Wildman–Crippen LogP) is 3.23. The standard InChI is InChI=1S/C19H20NO2/c21-18(15-6-2-1-3-7-15)14-20-12-10-17(11-13-20)19(22)16-8-4-5-9-16/h1-3,6-7,10-13,16H,4-5,8-9,14H2/q+1. The van der Waals surface area contributed by atoms with Crippen molar-refractivity contribution in [1.82, 2.24) is 0 Å². The van der Waals surface area contributed by atoms with Crippen molar-refractivity contribution in [2.24, 2.45) is 5.92 Å². The van der Waals surface area contributed by atoms with Gasteiger partial charge in [-0.1, -0.05) is 43.2 Å². The summed E-state index contributed by atoms with van der Waals surface area (Å²) in [4.78, 5) is 24.5. The second kappa shape index (κ2) is 6.65. The molecule has 0 unspecified atom stereocenters. The van der Waals surface area contributed by atoms with Crippen LogP contribution in [0.3, 0.4) is 0 Å². The molecule has 0 amide bonds. The van der Waals surface area contributed by atoms with Gasteiger partial charge in [-0.05, 0) is 12.8 Å². The second-order valence-electron chi connectivity index (χ2n) is 5.89. The Bertz CT molecular complexity index is 656. The Morgan fingerprint density at radius 3 is 2.18 bits per heavy atom. The lowest BCUT2D eigenvalue weighted by atomic mass is 9.97. The van der Waals surface area contributed by atoms with Crippen LogP contribution in [0.15, 0.2) is 54.9 Å². The van der Waals surface area contributed by atoms with E-state index in [-0.39, 0.29) is 17.5 Å². The fourth-order valence-corrected chi connectivity index (χ4v) is 3.03. The van der Waals surface area contributed by atoms with Crippen molar-refractivity contribution < 1.29 is 14.2 Å². The van der Waals surface area contributed by atoms with E-state index < -0.39 is 0 Å². The maximum absolute atomic E-state index is 12.3. The van der Waals surface area contributed by atoms with Crippen LogP contribution in [0.5, 0.6) is 0 Å². The van der Waals surface area contributed by atoms with E-state index in [9.17, 15) is 9.59 Å². The van der Waals surface area contributed by atoms with Crippen molar-refractivity contribution in [3.8, 4) is 0 Å². The SMILES string of the molecule is O=C(C[n+]1ccc(C(=O)C2CCCC2)cc1)c1ccccc1. The molecule has 3 rings (SSSR count). The second-order valence-corrected chi connectivity index (χ2v) is 5.89. The molecule has 22 heavy (non-hydrogen) atoms. The minimum atomic E-state index is 0.0699. The fraction of sp³-hybridized carbons (Fsp3) is 0.316. The maximum atomic E-state index is 12.3. The summed E-state index contributed by atoms with van der Waals surface area (Å²) in [6, 6.07) is 12.9. The van der Waals surface area contributed by atoms with Gasteiger partial charge in [-0.25, -0.2) is 0 Å². The van der Waals surface area contributed by atoms with Crippen LogP contribution in [-0.2, 0) is 6.54 Å². The topological polar surface area (TPSA) is 38.0 Å². The number of benzene rings is 1. The van der Waals surface area contributed by atoms with Gasteiger partial charge in [0.2, 0.25) is 12.3 Å². The van der Waals surface area contributed by atoms with Crippen LogP contribution >= 0.6 is 0 Å². The van der Waals surface area contributed by atoms with E-state index in [2.05, 4.69) is 0 Å². The number of hydrogen-bond acceptors (Lipinski definition) is 2. The van der Waals surface area contributed by atoms with E-state index in [0.29, 0.717) is 12.1 Å². The highest BCUT2D eigenvalue weighted by Crippen LogP contribution is 2.27. The minimum Gasteiger partial charge on any atom is -0.294 e.